The molecule has 3 rings (SSSR count). The lowest BCUT2D eigenvalue weighted by Gasteiger charge is -2.34. The second-order valence-corrected chi connectivity index (χ2v) is 5.81. The third-order valence-corrected chi connectivity index (χ3v) is 4.49. The van der Waals surface area contributed by atoms with Crippen LogP contribution in [0.4, 0.5) is 0 Å². The van der Waals surface area contributed by atoms with E-state index in [0.29, 0.717) is 19.5 Å². The summed E-state index contributed by atoms with van der Waals surface area (Å²) in [6, 6.07) is -0.234. The summed E-state index contributed by atoms with van der Waals surface area (Å²) >= 11 is 1.53. The number of hydrogen-bond acceptors (Lipinski definition) is 4. The van der Waals surface area contributed by atoms with E-state index in [-0.39, 0.29) is 17.9 Å². The number of rotatable bonds is 2. The molecule has 0 bridgehead atoms. The molecule has 3 heterocycles. The maximum absolute atomic E-state index is 12.6. The van der Waals surface area contributed by atoms with Crippen molar-refractivity contribution in [3.63, 3.8) is 0 Å². The van der Waals surface area contributed by atoms with Gasteiger partial charge < -0.3 is 9.80 Å². The highest BCUT2D eigenvalue weighted by molar-refractivity contribution is 7.07. The maximum Gasteiger partial charge on any atom is 0.245 e. The molecule has 1 unspecified atom stereocenters. The zero-order valence-corrected chi connectivity index (χ0v) is 11.6. The van der Waals surface area contributed by atoms with Crippen LogP contribution in [-0.4, -0.2) is 45.7 Å². The molecule has 1 atom stereocenters. The summed E-state index contributed by atoms with van der Waals surface area (Å²) in [7, 11) is 0. The van der Waals surface area contributed by atoms with Crippen LogP contribution in [0.2, 0.25) is 0 Å². The molecule has 0 saturated carbocycles. The molecule has 2 fully saturated rings. The fraction of sp³-hybridized carbons (Fsp3) is 0.615. The van der Waals surface area contributed by atoms with E-state index in [9.17, 15) is 9.59 Å². The summed E-state index contributed by atoms with van der Waals surface area (Å²) in [6.07, 6.45) is 3.29. The van der Waals surface area contributed by atoms with Gasteiger partial charge in [0.2, 0.25) is 11.8 Å². The summed E-state index contributed by atoms with van der Waals surface area (Å²) in [4.78, 5) is 32.4. The van der Waals surface area contributed by atoms with Gasteiger partial charge in [-0.25, -0.2) is 4.98 Å². The molecule has 6 heteroatoms. The number of carbonyl (C=O) groups is 2. The average Bonchev–Trinajstić information content (AvgIpc) is 2.91. The van der Waals surface area contributed by atoms with Crippen LogP contribution in [0.15, 0.2) is 10.9 Å². The van der Waals surface area contributed by atoms with Crippen LogP contribution < -0.4 is 0 Å². The SMILES string of the molecule is O=C1C2CCCCN2C(=O)CCN1Cc1cscn1. The predicted molar refractivity (Wildman–Crippen MR) is 71.5 cm³/mol. The third-order valence-electron chi connectivity index (χ3n) is 3.85. The molecule has 2 amide bonds. The van der Waals surface area contributed by atoms with Crippen molar-refractivity contribution in [1.29, 1.82) is 0 Å². The summed E-state index contributed by atoms with van der Waals surface area (Å²) in [5.74, 6) is 0.220. The number of amides is 2. The topological polar surface area (TPSA) is 53.5 Å². The maximum atomic E-state index is 12.6. The van der Waals surface area contributed by atoms with E-state index in [2.05, 4.69) is 4.98 Å². The summed E-state index contributed by atoms with van der Waals surface area (Å²) in [5.41, 5.74) is 2.69. The minimum atomic E-state index is -0.234. The van der Waals surface area contributed by atoms with Crippen molar-refractivity contribution in [2.45, 2.75) is 38.3 Å². The molecule has 2 aliphatic heterocycles. The van der Waals surface area contributed by atoms with Gasteiger partial charge >= 0.3 is 0 Å². The molecule has 2 saturated heterocycles. The molecule has 2 aliphatic rings. The lowest BCUT2D eigenvalue weighted by atomic mass is 10.0. The fourth-order valence-corrected chi connectivity index (χ4v) is 3.40. The number of thiazole rings is 1. The van der Waals surface area contributed by atoms with Gasteiger partial charge in [-0.1, -0.05) is 0 Å². The molecular formula is C13H17N3O2S. The molecule has 0 aliphatic carbocycles. The molecule has 19 heavy (non-hydrogen) atoms. The van der Waals surface area contributed by atoms with E-state index in [1.54, 1.807) is 15.3 Å². The molecule has 0 aromatic carbocycles. The van der Waals surface area contributed by atoms with Crippen LogP contribution >= 0.6 is 11.3 Å². The monoisotopic (exact) mass is 279 g/mol. The Kier molecular flexibility index (Phi) is 3.50. The molecule has 5 nitrogen and oxygen atoms in total. The predicted octanol–water partition coefficient (Wildman–Crippen LogP) is 1.26. The number of nitrogens with zero attached hydrogens (tertiary/aromatic N) is 3. The molecule has 102 valence electrons. The Morgan fingerprint density at radius 3 is 3.00 bits per heavy atom. The number of aromatic nitrogens is 1. The first-order chi connectivity index (χ1) is 9.25. The van der Waals surface area contributed by atoms with E-state index in [1.807, 2.05) is 5.38 Å². The van der Waals surface area contributed by atoms with Crippen LogP contribution in [0.25, 0.3) is 0 Å². The van der Waals surface area contributed by atoms with Crippen LogP contribution in [0, 0.1) is 0 Å². The second-order valence-electron chi connectivity index (χ2n) is 5.09. The Bertz CT molecular complexity index is 474. The van der Waals surface area contributed by atoms with E-state index in [1.165, 1.54) is 11.3 Å². The first-order valence-electron chi connectivity index (χ1n) is 6.71. The van der Waals surface area contributed by atoms with Gasteiger partial charge in [-0.05, 0) is 19.3 Å². The first kappa shape index (κ1) is 12.6. The highest BCUT2D eigenvalue weighted by Crippen LogP contribution is 2.23. The van der Waals surface area contributed by atoms with Gasteiger partial charge in [-0.2, -0.15) is 0 Å². The van der Waals surface area contributed by atoms with Crippen LogP contribution in [0.1, 0.15) is 31.4 Å². The largest absolute Gasteiger partial charge is 0.334 e. The standard InChI is InChI=1S/C13H17N3O2S/c17-12-4-6-15(7-10-8-19-9-14-10)13(18)11-3-1-2-5-16(11)12/h8-9,11H,1-7H2. The van der Waals surface area contributed by atoms with Crippen LogP contribution in [-0.2, 0) is 16.1 Å². The van der Waals surface area contributed by atoms with Gasteiger partial charge in [-0.3, -0.25) is 9.59 Å². The lowest BCUT2D eigenvalue weighted by Crippen LogP contribution is -2.49. The summed E-state index contributed by atoms with van der Waals surface area (Å²) in [6.45, 7) is 1.78. The smallest absolute Gasteiger partial charge is 0.245 e. The van der Waals surface area contributed by atoms with Crippen LogP contribution in [0.3, 0.4) is 0 Å². The van der Waals surface area contributed by atoms with Gasteiger partial charge in [0.25, 0.3) is 0 Å². The average molecular weight is 279 g/mol. The third kappa shape index (κ3) is 2.49. The van der Waals surface area contributed by atoms with Crippen molar-refractivity contribution in [1.82, 2.24) is 14.8 Å². The van der Waals surface area contributed by atoms with Gasteiger partial charge in [-0.15, -0.1) is 11.3 Å². The molecule has 1 aromatic rings. The number of hydrogen-bond donors (Lipinski definition) is 0. The highest BCUT2D eigenvalue weighted by atomic mass is 32.1. The van der Waals surface area contributed by atoms with Crippen molar-refractivity contribution in [2.75, 3.05) is 13.1 Å². The Morgan fingerprint density at radius 1 is 1.32 bits per heavy atom. The van der Waals surface area contributed by atoms with Crippen molar-refractivity contribution in [3.05, 3.63) is 16.6 Å². The van der Waals surface area contributed by atoms with Crippen LogP contribution in [0.5, 0.6) is 0 Å². The molecular weight excluding hydrogens is 262 g/mol. The second kappa shape index (κ2) is 5.28. The Morgan fingerprint density at radius 2 is 2.21 bits per heavy atom. The first-order valence-corrected chi connectivity index (χ1v) is 7.65. The Balaban J connectivity index is 1.78. The number of fused-ring (bicyclic) bond motifs is 1. The van der Waals surface area contributed by atoms with Crippen molar-refractivity contribution in [3.8, 4) is 0 Å². The van der Waals surface area contributed by atoms with Gasteiger partial charge in [0.1, 0.15) is 6.04 Å². The van der Waals surface area contributed by atoms with E-state index in [4.69, 9.17) is 0 Å². The van der Waals surface area contributed by atoms with Gasteiger partial charge in [0.15, 0.2) is 0 Å². The van der Waals surface area contributed by atoms with Gasteiger partial charge in [0.05, 0.1) is 17.7 Å². The van der Waals surface area contributed by atoms with Crippen molar-refractivity contribution >= 4 is 23.2 Å². The molecule has 0 spiro atoms. The molecule has 0 radical (unpaired) electrons. The summed E-state index contributed by atoms with van der Waals surface area (Å²) < 4.78 is 0. The van der Waals surface area contributed by atoms with E-state index >= 15 is 0 Å². The summed E-state index contributed by atoms with van der Waals surface area (Å²) in [5, 5.41) is 1.96. The normalized spacial score (nSPS) is 24.3. The Labute approximate surface area is 116 Å². The van der Waals surface area contributed by atoms with E-state index < -0.39 is 0 Å². The van der Waals surface area contributed by atoms with E-state index in [0.717, 1.165) is 31.5 Å². The zero-order valence-electron chi connectivity index (χ0n) is 10.7. The minimum absolute atomic E-state index is 0.0959. The van der Waals surface area contributed by atoms with Crippen molar-refractivity contribution < 1.29 is 9.59 Å². The number of piperidine rings is 1. The minimum Gasteiger partial charge on any atom is -0.334 e. The zero-order chi connectivity index (χ0) is 13.2. The van der Waals surface area contributed by atoms with Crippen molar-refractivity contribution in [2.24, 2.45) is 0 Å². The molecule has 1 aromatic heterocycles. The van der Waals surface area contributed by atoms with Gasteiger partial charge in [0, 0.05) is 24.9 Å². The lowest BCUT2D eigenvalue weighted by molar-refractivity contribution is -0.143. The Hall–Kier alpha value is -1.43. The quantitative estimate of drug-likeness (QED) is 0.819. The highest BCUT2D eigenvalue weighted by Gasteiger charge is 2.37. The fourth-order valence-electron chi connectivity index (χ4n) is 2.85. The molecule has 0 N–H and O–H groups in total. The number of carbonyl (C=O) groups excluding carboxylic acids is 2.